The summed E-state index contributed by atoms with van der Waals surface area (Å²) in [6.07, 6.45) is 2.09. The number of aromatic amines is 1. The average Bonchev–Trinajstić information content (AvgIpc) is 3.20. The van der Waals surface area contributed by atoms with E-state index >= 15 is 0 Å². The average molecular weight is 361 g/mol. The molecular weight excluding hydrogens is 338 g/mol. The van der Waals surface area contributed by atoms with Crippen molar-refractivity contribution in [2.45, 2.75) is 13.5 Å². The second-order valence-electron chi connectivity index (χ2n) is 7.09. The summed E-state index contributed by atoms with van der Waals surface area (Å²) >= 11 is 0. The molecule has 2 N–H and O–H groups in total. The molecular formula is C21H23N5O. The Morgan fingerprint density at radius 1 is 1.19 bits per heavy atom. The molecule has 4 rings (SSSR count). The quantitative estimate of drug-likeness (QED) is 0.570. The minimum atomic E-state index is -0.130. The summed E-state index contributed by atoms with van der Waals surface area (Å²) in [5, 5.41) is 4.17. The Kier molecular flexibility index (Phi) is 4.41. The molecule has 0 unspecified atom stereocenters. The number of anilines is 1. The monoisotopic (exact) mass is 361 g/mol. The Balaban J connectivity index is 1.57. The van der Waals surface area contributed by atoms with Gasteiger partial charge >= 0.3 is 0 Å². The van der Waals surface area contributed by atoms with E-state index in [4.69, 9.17) is 0 Å². The number of hydrogen-bond donors (Lipinski definition) is 2. The normalized spacial score (nSPS) is 11.6. The van der Waals surface area contributed by atoms with Crippen molar-refractivity contribution >= 4 is 33.5 Å². The Morgan fingerprint density at radius 2 is 2.04 bits per heavy atom. The van der Waals surface area contributed by atoms with Gasteiger partial charge in [-0.3, -0.25) is 4.79 Å². The van der Waals surface area contributed by atoms with Gasteiger partial charge in [-0.25, -0.2) is 4.98 Å². The molecule has 0 spiro atoms. The van der Waals surface area contributed by atoms with Gasteiger partial charge in [-0.2, -0.15) is 0 Å². The Hall–Kier alpha value is -3.12. The van der Waals surface area contributed by atoms with E-state index in [0.29, 0.717) is 5.56 Å². The van der Waals surface area contributed by atoms with Gasteiger partial charge in [0.2, 0.25) is 0 Å². The number of carbonyl (C=O) groups excluding carboxylic acids is 1. The van der Waals surface area contributed by atoms with E-state index in [9.17, 15) is 4.79 Å². The van der Waals surface area contributed by atoms with Crippen LogP contribution in [0, 0.1) is 6.92 Å². The minimum absolute atomic E-state index is 0.130. The van der Waals surface area contributed by atoms with Crippen molar-refractivity contribution in [1.29, 1.82) is 0 Å². The highest BCUT2D eigenvalue weighted by Gasteiger charge is 2.10. The Bertz CT molecular complexity index is 1120. The lowest BCUT2D eigenvalue weighted by molar-refractivity contribution is 0.102. The Labute approximate surface area is 157 Å². The lowest BCUT2D eigenvalue weighted by atomic mass is 10.1. The predicted octanol–water partition coefficient (Wildman–Crippen LogP) is 3.64. The first kappa shape index (κ1) is 17.3. The number of rotatable bonds is 5. The molecule has 6 heteroatoms. The standard InChI is InChI=1S/C21H23N5O/c1-14-22-18-7-5-16(12-19(18)23-14)21(27)24-17-6-4-15-8-9-26(20(15)13-17)11-10-25(2)3/h4-9,12-13H,10-11H2,1-3H3,(H,22,23)(H,24,27). The molecule has 0 aliphatic heterocycles. The molecule has 0 saturated carbocycles. The summed E-state index contributed by atoms with van der Waals surface area (Å²) in [4.78, 5) is 22.4. The van der Waals surface area contributed by atoms with Gasteiger partial charge in [0.05, 0.1) is 16.6 Å². The number of carbonyl (C=O) groups is 1. The minimum Gasteiger partial charge on any atom is -0.346 e. The van der Waals surface area contributed by atoms with Crippen LogP contribution in [0.3, 0.4) is 0 Å². The third kappa shape index (κ3) is 3.57. The molecule has 2 aromatic carbocycles. The van der Waals surface area contributed by atoms with Crippen molar-refractivity contribution in [3.8, 4) is 0 Å². The van der Waals surface area contributed by atoms with E-state index in [-0.39, 0.29) is 5.91 Å². The molecule has 2 heterocycles. The third-order valence-electron chi connectivity index (χ3n) is 4.68. The van der Waals surface area contributed by atoms with E-state index in [2.05, 4.69) is 51.1 Å². The first-order valence-electron chi connectivity index (χ1n) is 9.01. The fourth-order valence-electron chi connectivity index (χ4n) is 3.25. The second kappa shape index (κ2) is 6.89. The van der Waals surface area contributed by atoms with Gasteiger partial charge in [0.1, 0.15) is 5.82 Å². The largest absolute Gasteiger partial charge is 0.346 e. The zero-order valence-corrected chi connectivity index (χ0v) is 15.8. The second-order valence-corrected chi connectivity index (χ2v) is 7.09. The van der Waals surface area contributed by atoms with Crippen molar-refractivity contribution < 1.29 is 4.79 Å². The maximum atomic E-state index is 12.7. The summed E-state index contributed by atoms with van der Waals surface area (Å²) in [6.45, 7) is 3.77. The van der Waals surface area contributed by atoms with Crippen LogP contribution in [0.1, 0.15) is 16.2 Å². The van der Waals surface area contributed by atoms with Crippen LogP contribution in [-0.4, -0.2) is 46.0 Å². The summed E-state index contributed by atoms with van der Waals surface area (Å²) < 4.78 is 2.21. The molecule has 0 atom stereocenters. The van der Waals surface area contributed by atoms with E-state index in [0.717, 1.165) is 41.2 Å². The van der Waals surface area contributed by atoms with Crippen molar-refractivity contribution in [1.82, 2.24) is 19.4 Å². The van der Waals surface area contributed by atoms with E-state index in [1.54, 1.807) is 6.07 Å². The van der Waals surface area contributed by atoms with Crippen molar-refractivity contribution in [3.63, 3.8) is 0 Å². The molecule has 1 amide bonds. The third-order valence-corrected chi connectivity index (χ3v) is 4.68. The molecule has 4 aromatic rings. The maximum absolute atomic E-state index is 12.7. The van der Waals surface area contributed by atoms with Gasteiger partial charge in [-0.1, -0.05) is 6.07 Å². The van der Waals surface area contributed by atoms with Gasteiger partial charge in [0.25, 0.3) is 5.91 Å². The highest BCUT2D eigenvalue weighted by atomic mass is 16.1. The number of H-pyrrole nitrogens is 1. The first-order valence-corrected chi connectivity index (χ1v) is 9.01. The number of fused-ring (bicyclic) bond motifs is 2. The Morgan fingerprint density at radius 3 is 2.85 bits per heavy atom. The molecule has 0 saturated heterocycles. The summed E-state index contributed by atoms with van der Waals surface area (Å²) in [5.41, 5.74) is 4.25. The lowest BCUT2D eigenvalue weighted by Gasteiger charge is -2.12. The number of nitrogens with zero attached hydrogens (tertiary/aromatic N) is 3. The number of likely N-dealkylation sites (N-methyl/N-ethyl adjacent to an activating group) is 1. The molecule has 138 valence electrons. The van der Waals surface area contributed by atoms with Crippen LogP contribution in [0.5, 0.6) is 0 Å². The van der Waals surface area contributed by atoms with Crippen LogP contribution in [-0.2, 0) is 6.54 Å². The van der Waals surface area contributed by atoms with Gasteiger partial charge < -0.3 is 19.8 Å². The molecule has 0 radical (unpaired) electrons. The summed E-state index contributed by atoms with van der Waals surface area (Å²) in [5.74, 6) is 0.710. The van der Waals surface area contributed by atoms with Gasteiger partial charge in [0, 0.05) is 30.5 Å². The zero-order valence-electron chi connectivity index (χ0n) is 15.8. The fourth-order valence-corrected chi connectivity index (χ4v) is 3.25. The molecule has 0 fully saturated rings. The van der Waals surface area contributed by atoms with E-state index in [1.165, 1.54) is 5.39 Å². The van der Waals surface area contributed by atoms with Crippen molar-refractivity contribution in [2.75, 3.05) is 26.0 Å². The number of benzene rings is 2. The van der Waals surface area contributed by atoms with Crippen molar-refractivity contribution in [3.05, 3.63) is 60.0 Å². The zero-order chi connectivity index (χ0) is 19.0. The predicted molar refractivity (Wildman–Crippen MR) is 109 cm³/mol. The first-order chi connectivity index (χ1) is 13.0. The topological polar surface area (TPSA) is 66.0 Å². The van der Waals surface area contributed by atoms with Crippen LogP contribution >= 0.6 is 0 Å². The molecule has 0 bridgehead atoms. The molecule has 27 heavy (non-hydrogen) atoms. The lowest BCUT2D eigenvalue weighted by Crippen LogP contribution is -2.18. The van der Waals surface area contributed by atoms with Crippen molar-refractivity contribution in [2.24, 2.45) is 0 Å². The van der Waals surface area contributed by atoms with E-state index < -0.39 is 0 Å². The van der Waals surface area contributed by atoms with Crippen LogP contribution in [0.2, 0.25) is 0 Å². The van der Waals surface area contributed by atoms with Gasteiger partial charge in [0.15, 0.2) is 0 Å². The highest BCUT2D eigenvalue weighted by molar-refractivity contribution is 6.06. The molecule has 2 aromatic heterocycles. The van der Waals surface area contributed by atoms with Crippen LogP contribution in [0.25, 0.3) is 21.9 Å². The maximum Gasteiger partial charge on any atom is 0.255 e. The smallest absolute Gasteiger partial charge is 0.255 e. The van der Waals surface area contributed by atoms with E-state index in [1.807, 2.05) is 37.3 Å². The molecule has 6 nitrogen and oxygen atoms in total. The number of imidazole rings is 1. The molecule has 0 aliphatic rings. The molecule has 0 aliphatic carbocycles. The number of hydrogen-bond acceptors (Lipinski definition) is 3. The van der Waals surface area contributed by atoms with Crippen LogP contribution < -0.4 is 5.32 Å². The van der Waals surface area contributed by atoms with Crippen LogP contribution in [0.15, 0.2) is 48.7 Å². The van der Waals surface area contributed by atoms with Gasteiger partial charge in [-0.05, 0) is 62.8 Å². The fraction of sp³-hybridized carbons (Fsp3) is 0.238. The van der Waals surface area contributed by atoms with Gasteiger partial charge in [-0.15, -0.1) is 0 Å². The highest BCUT2D eigenvalue weighted by Crippen LogP contribution is 2.22. The number of aryl methyl sites for hydroxylation is 1. The summed E-state index contributed by atoms with van der Waals surface area (Å²) in [7, 11) is 4.13. The number of amides is 1. The summed E-state index contributed by atoms with van der Waals surface area (Å²) in [6, 6.07) is 13.6. The SMILES string of the molecule is Cc1nc2ccc(C(=O)Nc3ccc4ccn(CCN(C)C)c4c3)cc2[nH]1. The number of aromatic nitrogens is 3. The van der Waals surface area contributed by atoms with Crippen LogP contribution in [0.4, 0.5) is 5.69 Å². The number of nitrogens with one attached hydrogen (secondary N) is 2.